The maximum Gasteiger partial charge on any atom is 0.404 e. The number of halogens is 3. The van der Waals surface area contributed by atoms with Crippen LogP contribution >= 0.6 is 0 Å². The van der Waals surface area contributed by atoms with E-state index in [0.717, 1.165) is 0 Å². The van der Waals surface area contributed by atoms with E-state index >= 15 is 0 Å². The zero-order valence-corrected chi connectivity index (χ0v) is 8.15. The summed E-state index contributed by atoms with van der Waals surface area (Å²) in [6, 6.07) is 1.25. The second-order valence-electron chi connectivity index (χ2n) is 3.41. The first-order valence-electron chi connectivity index (χ1n) is 4.58. The molecule has 2 aromatic heterocycles. The third-order valence-electron chi connectivity index (χ3n) is 2.14. The number of rotatable bonds is 2. The van der Waals surface area contributed by atoms with Crippen molar-refractivity contribution in [2.45, 2.75) is 18.6 Å². The van der Waals surface area contributed by atoms with Gasteiger partial charge in [0.05, 0.1) is 5.69 Å². The predicted molar refractivity (Wildman–Crippen MR) is 50.7 cm³/mol. The standard InChI is InChI=1S/C9H9F3N4/c10-9(11,12)7(13)4-6-5-8-14-2-1-3-16(8)15-6/h1-3,5,7H,4,13H2. The van der Waals surface area contributed by atoms with Gasteiger partial charge in [-0.2, -0.15) is 18.3 Å². The quantitative estimate of drug-likeness (QED) is 0.842. The Hall–Kier alpha value is -1.63. The summed E-state index contributed by atoms with van der Waals surface area (Å²) in [4.78, 5) is 3.95. The van der Waals surface area contributed by atoms with Gasteiger partial charge in [0.15, 0.2) is 5.65 Å². The monoisotopic (exact) mass is 230 g/mol. The summed E-state index contributed by atoms with van der Waals surface area (Å²) >= 11 is 0. The first-order chi connectivity index (χ1) is 7.47. The van der Waals surface area contributed by atoms with Gasteiger partial charge < -0.3 is 5.73 Å². The Labute approximate surface area is 88.9 Å². The van der Waals surface area contributed by atoms with Crippen molar-refractivity contribution in [2.75, 3.05) is 0 Å². The summed E-state index contributed by atoms with van der Waals surface area (Å²) in [6.45, 7) is 0. The minimum atomic E-state index is -4.40. The molecule has 0 aliphatic rings. The normalized spacial score (nSPS) is 14.2. The molecule has 2 aromatic rings. The second kappa shape index (κ2) is 3.75. The van der Waals surface area contributed by atoms with Gasteiger partial charge in [0.2, 0.25) is 0 Å². The SMILES string of the molecule is NC(Cc1cc2ncccn2n1)C(F)(F)F. The van der Waals surface area contributed by atoms with Gasteiger partial charge in [0.1, 0.15) is 6.04 Å². The lowest BCUT2D eigenvalue weighted by atomic mass is 10.1. The molecule has 4 nitrogen and oxygen atoms in total. The van der Waals surface area contributed by atoms with Crippen LogP contribution in [0.2, 0.25) is 0 Å². The van der Waals surface area contributed by atoms with E-state index in [1.807, 2.05) is 0 Å². The number of nitrogens with zero attached hydrogens (tertiary/aromatic N) is 3. The Morgan fingerprint density at radius 3 is 2.81 bits per heavy atom. The number of alkyl halides is 3. The Morgan fingerprint density at radius 2 is 2.19 bits per heavy atom. The zero-order chi connectivity index (χ0) is 11.8. The molecule has 0 radical (unpaired) electrons. The minimum Gasteiger partial charge on any atom is -0.320 e. The van der Waals surface area contributed by atoms with Crippen LogP contribution in [0.4, 0.5) is 13.2 Å². The molecule has 0 aliphatic carbocycles. The highest BCUT2D eigenvalue weighted by atomic mass is 19.4. The van der Waals surface area contributed by atoms with Crippen LogP contribution in [0.5, 0.6) is 0 Å². The van der Waals surface area contributed by atoms with E-state index in [4.69, 9.17) is 5.73 Å². The van der Waals surface area contributed by atoms with Gasteiger partial charge in [0.25, 0.3) is 0 Å². The zero-order valence-electron chi connectivity index (χ0n) is 8.15. The number of hydrogen-bond donors (Lipinski definition) is 1. The molecule has 16 heavy (non-hydrogen) atoms. The average molecular weight is 230 g/mol. The van der Waals surface area contributed by atoms with Crippen molar-refractivity contribution in [1.29, 1.82) is 0 Å². The van der Waals surface area contributed by atoms with Crippen LogP contribution in [0, 0.1) is 0 Å². The lowest BCUT2D eigenvalue weighted by Crippen LogP contribution is -2.39. The number of aromatic nitrogens is 3. The summed E-state index contributed by atoms with van der Waals surface area (Å²) in [6.07, 6.45) is -1.58. The molecule has 0 saturated heterocycles. The summed E-state index contributed by atoms with van der Waals surface area (Å²) in [7, 11) is 0. The Bertz CT molecular complexity index is 458. The summed E-state index contributed by atoms with van der Waals surface area (Å²) in [5.41, 5.74) is 5.80. The van der Waals surface area contributed by atoms with Crippen LogP contribution in [-0.4, -0.2) is 26.8 Å². The molecule has 2 N–H and O–H groups in total. The van der Waals surface area contributed by atoms with Crippen LogP contribution < -0.4 is 5.73 Å². The molecular formula is C9H9F3N4. The second-order valence-corrected chi connectivity index (χ2v) is 3.41. The van der Waals surface area contributed by atoms with Crippen LogP contribution in [0.1, 0.15) is 5.69 Å². The van der Waals surface area contributed by atoms with Gasteiger partial charge in [-0.05, 0) is 6.07 Å². The molecule has 0 saturated carbocycles. The van der Waals surface area contributed by atoms with Crippen molar-refractivity contribution in [3.63, 3.8) is 0 Å². The van der Waals surface area contributed by atoms with Gasteiger partial charge >= 0.3 is 6.18 Å². The molecule has 0 spiro atoms. The molecule has 1 unspecified atom stereocenters. The van der Waals surface area contributed by atoms with Gasteiger partial charge in [-0.15, -0.1) is 0 Å². The third-order valence-corrected chi connectivity index (χ3v) is 2.14. The molecule has 7 heteroatoms. The Kier molecular flexibility index (Phi) is 2.55. The molecule has 0 aromatic carbocycles. The first-order valence-corrected chi connectivity index (χ1v) is 4.58. The van der Waals surface area contributed by atoms with E-state index in [2.05, 4.69) is 10.1 Å². The lowest BCUT2D eigenvalue weighted by molar-refractivity contribution is -0.147. The topological polar surface area (TPSA) is 56.2 Å². The fourth-order valence-corrected chi connectivity index (χ4v) is 1.32. The molecule has 1 atom stereocenters. The van der Waals surface area contributed by atoms with E-state index in [1.165, 1.54) is 10.6 Å². The van der Waals surface area contributed by atoms with Crippen molar-refractivity contribution in [3.8, 4) is 0 Å². The third kappa shape index (κ3) is 2.13. The number of hydrogen-bond acceptors (Lipinski definition) is 3. The molecule has 2 rings (SSSR count). The molecule has 0 fully saturated rings. The van der Waals surface area contributed by atoms with E-state index in [9.17, 15) is 13.2 Å². The summed E-state index contributed by atoms with van der Waals surface area (Å²) in [5, 5.41) is 3.94. The fraction of sp³-hybridized carbons (Fsp3) is 0.333. The largest absolute Gasteiger partial charge is 0.404 e. The Balaban J connectivity index is 2.22. The smallest absolute Gasteiger partial charge is 0.320 e. The van der Waals surface area contributed by atoms with Crippen LogP contribution in [-0.2, 0) is 6.42 Å². The van der Waals surface area contributed by atoms with Crippen LogP contribution in [0.3, 0.4) is 0 Å². The molecule has 0 bridgehead atoms. The van der Waals surface area contributed by atoms with Gasteiger partial charge in [-0.25, -0.2) is 9.50 Å². The van der Waals surface area contributed by atoms with Crippen molar-refractivity contribution < 1.29 is 13.2 Å². The summed E-state index contributed by atoms with van der Waals surface area (Å²) < 4.78 is 38.1. The Morgan fingerprint density at radius 1 is 1.44 bits per heavy atom. The molecule has 0 amide bonds. The number of fused-ring (bicyclic) bond motifs is 1. The van der Waals surface area contributed by atoms with Crippen molar-refractivity contribution in [2.24, 2.45) is 5.73 Å². The molecule has 2 heterocycles. The van der Waals surface area contributed by atoms with Crippen LogP contribution in [0.15, 0.2) is 24.5 Å². The maximum absolute atomic E-state index is 12.2. The van der Waals surface area contributed by atoms with E-state index in [0.29, 0.717) is 5.65 Å². The maximum atomic E-state index is 12.2. The van der Waals surface area contributed by atoms with E-state index < -0.39 is 12.2 Å². The summed E-state index contributed by atoms with van der Waals surface area (Å²) in [5.74, 6) is 0. The van der Waals surface area contributed by atoms with Crippen molar-refractivity contribution in [1.82, 2.24) is 14.6 Å². The lowest BCUT2D eigenvalue weighted by Gasteiger charge is -2.13. The van der Waals surface area contributed by atoms with Gasteiger partial charge in [-0.3, -0.25) is 0 Å². The highest BCUT2D eigenvalue weighted by Gasteiger charge is 2.37. The highest BCUT2D eigenvalue weighted by Crippen LogP contribution is 2.21. The first kappa shape index (κ1) is 10.9. The van der Waals surface area contributed by atoms with Crippen molar-refractivity contribution in [3.05, 3.63) is 30.2 Å². The van der Waals surface area contributed by atoms with Gasteiger partial charge in [-0.1, -0.05) is 0 Å². The predicted octanol–water partition coefficient (Wildman–Crippen LogP) is 1.16. The van der Waals surface area contributed by atoms with Gasteiger partial charge in [0, 0.05) is 24.9 Å². The minimum absolute atomic E-state index is 0.281. The van der Waals surface area contributed by atoms with E-state index in [1.54, 1.807) is 18.5 Å². The van der Waals surface area contributed by atoms with Crippen LogP contribution in [0.25, 0.3) is 5.65 Å². The molecular weight excluding hydrogens is 221 g/mol. The van der Waals surface area contributed by atoms with E-state index in [-0.39, 0.29) is 12.1 Å². The highest BCUT2D eigenvalue weighted by molar-refractivity contribution is 5.38. The fourth-order valence-electron chi connectivity index (χ4n) is 1.32. The number of nitrogens with two attached hydrogens (primary N) is 1. The average Bonchev–Trinajstić information content (AvgIpc) is 2.58. The molecule has 86 valence electrons. The van der Waals surface area contributed by atoms with Crippen molar-refractivity contribution >= 4 is 5.65 Å². The molecule has 0 aliphatic heterocycles.